The van der Waals surface area contributed by atoms with E-state index >= 15 is 0 Å². The zero-order chi connectivity index (χ0) is 54.5. The number of hydrogen-bond acceptors (Lipinski definition) is 4. The molecule has 0 aliphatic heterocycles. The van der Waals surface area contributed by atoms with Crippen molar-refractivity contribution in [3.63, 3.8) is 0 Å². The van der Waals surface area contributed by atoms with Crippen molar-refractivity contribution in [1.82, 2.24) is 0 Å². The molecule has 2 heterocycles. The highest BCUT2D eigenvalue weighted by atomic mass is 127. The Kier molecular flexibility index (Phi) is 16.2. The minimum atomic E-state index is -1.50. The Labute approximate surface area is 504 Å². The first-order valence-corrected chi connectivity index (χ1v) is 30.4. The lowest BCUT2D eigenvalue weighted by Gasteiger charge is -2.11. The standard InChI is InChI=1S/C36H23BrS.C30H21BO2S.C6H4BrI/c37-31-16-8-14-27(20-31)26-13-7-15-29(19-26)32-22-30(25-11-5-2-6-12-25)23-34-33-21-28(24-9-3-1-4-10-24)17-18-35(33)38-36(32)34;32-31(33)25-13-7-12-23(16-25)26-18-24(21-10-5-2-6-11-21)19-28-27-17-22(20-8-3-1-4-9-20)14-15-29(27)34-30(26)28;7-5-2-1-3-6(8)4-5/h1-23H;1-19,32-33H;1-4H. The molecular weight excluding hydrogens is 1260 g/mol. The SMILES string of the molecule is Brc1cccc(-c2cccc(-c3cc(-c4ccccc4)cc4c3sc3ccc(-c5ccccc5)cc34)c2)c1.Brc1cccc(I)c1.OB(O)c1cccc(-c2cc(-c3ccccc3)cc3c2sc2ccc(-c4ccccc4)cc23)c1. The second kappa shape index (κ2) is 24.2. The summed E-state index contributed by atoms with van der Waals surface area (Å²) in [5.41, 5.74) is 17.2. The summed E-state index contributed by atoms with van der Waals surface area (Å²) in [6.07, 6.45) is 0. The van der Waals surface area contributed by atoms with Gasteiger partial charge in [0.15, 0.2) is 0 Å². The van der Waals surface area contributed by atoms with Crippen molar-refractivity contribution < 1.29 is 10.0 Å². The van der Waals surface area contributed by atoms with Crippen molar-refractivity contribution in [3.05, 3.63) is 292 Å². The van der Waals surface area contributed by atoms with E-state index in [0.717, 1.165) is 31.2 Å². The zero-order valence-electron chi connectivity index (χ0n) is 43.0. The number of benzene rings is 12. The fraction of sp³-hybridized carbons (Fsp3) is 0. The fourth-order valence-corrected chi connectivity index (χ4v) is 14.4. The Balaban J connectivity index is 0.000000140. The molecular formula is C72H48BBr2IO2S2. The molecule has 0 amide bonds. The van der Waals surface area contributed by atoms with Crippen molar-refractivity contribution >= 4 is 130 Å². The molecule has 8 heteroatoms. The van der Waals surface area contributed by atoms with E-state index in [9.17, 15) is 10.0 Å². The molecule has 80 heavy (non-hydrogen) atoms. The molecule has 0 saturated carbocycles. The van der Waals surface area contributed by atoms with E-state index in [2.05, 4.69) is 285 Å². The molecule has 0 radical (unpaired) electrons. The molecule has 384 valence electrons. The lowest BCUT2D eigenvalue weighted by Crippen LogP contribution is -2.29. The average Bonchev–Trinajstić information content (AvgIpc) is 4.22. The highest BCUT2D eigenvalue weighted by Gasteiger charge is 2.19. The van der Waals surface area contributed by atoms with Gasteiger partial charge in [0, 0.05) is 64.0 Å². The molecule has 0 aliphatic carbocycles. The smallest absolute Gasteiger partial charge is 0.423 e. The van der Waals surface area contributed by atoms with Crippen LogP contribution >= 0.6 is 77.1 Å². The topological polar surface area (TPSA) is 40.5 Å². The Morgan fingerprint density at radius 3 is 1.09 bits per heavy atom. The lowest BCUT2D eigenvalue weighted by atomic mass is 9.79. The molecule has 0 spiro atoms. The molecule has 2 N–H and O–H groups in total. The predicted molar refractivity (Wildman–Crippen MR) is 361 cm³/mol. The molecule has 0 bridgehead atoms. The second-order valence-electron chi connectivity index (χ2n) is 19.4. The van der Waals surface area contributed by atoms with Crippen molar-refractivity contribution in [2.75, 3.05) is 0 Å². The summed E-state index contributed by atoms with van der Waals surface area (Å²) in [5, 5.41) is 24.6. The fourth-order valence-electron chi connectivity index (χ4n) is 10.3. The number of thiophene rings is 2. The highest BCUT2D eigenvalue weighted by molar-refractivity contribution is 14.1. The van der Waals surface area contributed by atoms with Crippen LogP contribution in [0.3, 0.4) is 0 Å². The molecule has 2 nitrogen and oxygen atoms in total. The summed E-state index contributed by atoms with van der Waals surface area (Å²) < 4.78 is 8.57. The van der Waals surface area contributed by atoms with Crippen LogP contribution < -0.4 is 5.46 Å². The molecule has 0 atom stereocenters. The maximum Gasteiger partial charge on any atom is 0.488 e. The Bertz CT molecular complexity index is 4470. The van der Waals surface area contributed by atoms with Gasteiger partial charge in [-0.3, -0.25) is 0 Å². The molecule has 0 fully saturated rings. The Hall–Kier alpha value is -7.25. The number of halogens is 3. The summed E-state index contributed by atoms with van der Waals surface area (Å²) in [5.74, 6) is 0. The third-order valence-electron chi connectivity index (χ3n) is 14.2. The third-order valence-corrected chi connectivity index (χ3v) is 18.3. The minimum absolute atomic E-state index is 0.489. The van der Waals surface area contributed by atoms with Gasteiger partial charge in [-0.2, -0.15) is 0 Å². The summed E-state index contributed by atoms with van der Waals surface area (Å²) in [6, 6.07) is 98.2. The number of hydrogen-bond donors (Lipinski definition) is 2. The molecule has 0 unspecified atom stereocenters. The molecule has 12 aromatic carbocycles. The van der Waals surface area contributed by atoms with E-state index < -0.39 is 7.12 Å². The minimum Gasteiger partial charge on any atom is -0.423 e. The zero-order valence-corrected chi connectivity index (χ0v) is 49.9. The summed E-state index contributed by atoms with van der Waals surface area (Å²) in [7, 11) is -1.50. The van der Waals surface area contributed by atoms with E-state index in [1.165, 1.54) is 99.5 Å². The Morgan fingerprint density at radius 1 is 0.287 bits per heavy atom. The van der Waals surface area contributed by atoms with Crippen molar-refractivity contribution in [3.8, 4) is 77.9 Å². The van der Waals surface area contributed by atoms with Crippen molar-refractivity contribution in [2.45, 2.75) is 0 Å². The van der Waals surface area contributed by atoms with Gasteiger partial charge in [0.1, 0.15) is 0 Å². The van der Waals surface area contributed by atoms with Crippen LogP contribution in [-0.4, -0.2) is 17.2 Å². The van der Waals surface area contributed by atoms with Gasteiger partial charge in [-0.05, 0) is 180 Å². The maximum atomic E-state index is 9.75. The molecule has 14 rings (SSSR count). The number of fused-ring (bicyclic) bond motifs is 6. The van der Waals surface area contributed by atoms with Crippen LogP contribution in [0.1, 0.15) is 0 Å². The number of rotatable bonds is 8. The largest absolute Gasteiger partial charge is 0.488 e. The first kappa shape index (κ1) is 53.4. The van der Waals surface area contributed by atoms with Crippen LogP contribution in [-0.2, 0) is 0 Å². The van der Waals surface area contributed by atoms with Gasteiger partial charge in [-0.1, -0.05) is 226 Å². The van der Waals surface area contributed by atoms with Crippen LogP contribution in [0.5, 0.6) is 0 Å². The normalized spacial score (nSPS) is 11.1. The summed E-state index contributed by atoms with van der Waals surface area (Å²) in [4.78, 5) is 0. The van der Waals surface area contributed by atoms with Gasteiger partial charge in [-0.15, -0.1) is 22.7 Å². The van der Waals surface area contributed by atoms with Crippen molar-refractivity contribution in [1.29, 1.82) is 0 Å². The van der Waals surface area contributed by atoms with E-state index in [0.29, 0.717) is 5.46 Å². The van der Waals surface area contributed by atoms with Crippen molar-refractivity contribution in [2.24, 2.45) is 0 Å². The van der Waals surface area contributed by atoms with Crippen LogP contribution in [0.15, 0.2) is 288 Å². The quantitative estimate of drug-likeness (QED) is 0.118. The monoisotopic (exact) mass is 1300 g/mol. The van der Waals surface area contributed by atoms with E-state index in [4.69, 9.17) is 0 Å². The van der Waals surface area contributed by atoms with Gasteiger partial charge < -0.3 is 10.0 Å². The van der Waals surface area contributed by atoms with Gasteiger partial charge in [0.2, 0.25) is 0 Å². The van der Waals surface area contributed by atoms with Gasteiger partial charge >= 0.3 is 7.12 Å². The first-order valence-electron chi connectivity index (χ1n) is 26.2. The molecule has 0 aliphatic rings. The summed E-state index contributed by atoms with van der Waals surface area (Å²) >= 11 is 12.9. The Morgan fingerprint density at radius 2 is 0.650 bits per heavy atom. The first-order chi connectivity index (χ1) is 39.2. The molecule has 2 aromatic heterocycles. The van der Waals surface area contributed by atoms with Gasteiger partial charge in [0.05, 0.1) is 0 Å². The molecule has 14 aromatic rings. The molecule has 0 saturated heterocycles. The summed E-state index contributed by atoms with van der Waals surface area (Å²) in [6.45, 7) is 0. The van der Waals surface area contributed by atoms with E-state index in [-0.39, 0.29) is 0 Å². The lowest BCUT2D eigenvalue weighted by molar-refractivity contribution is 0.426. The van der Waals surface area contributed by atoms with E-state index in [1.807, 2.05) is 53.8 Å². The second-order valence-corrected chi connectivity index (χ2v) is 24.6. The van der Waals surface area contributed by atoms with Crippen LogP contribution in [0.25, 0.3) is 118 Å². The highest BCUT2D eigenvalue weighted by Crippen LogP contribution is 2.46. The van der Waals surface area contributed by atoms with E-state index in [1.54, 1.807) is 17.4 Å². The van der Waals surface area contributed by atoms with Crippen LogP contribution in [0.4, 0.5) is 0 Å². The average molecular weight is 1310 g/mol. The predicted octanol–water partition coefficient (Wildman–Crippen LogP) is 21.3. The van der Waals surface area contributed by atoms with Crippen LogP contribution in [0.2, 0.25) is 0 Å². The van der Waals surface area contributed by atoms with Crippen LogP contribution in [0, 0.1) is 3.57 Å². The van der Waals surface area contributed by atoms with Gasteiger partial charge in [0.25, 0.3) is 0 Å². The van der Waals surface area contributed by atoms with Gasteiger partial charge in [-0.25, -0.2) is 0 Å². The third kappa shape index (κ3) is 11.8. The maximum absolute atomic E-state index is 9.75.